The number of halogens is 1. The number of nitrogens with zero attached hydrogens (tertiary/aromatic N) is 1. The van der Waals surface area contributed by atoms with Crippen LogP contribution in [0.3, 0.4) is 0 Å². The quantitative estimate of drug-likeness (QED) is 0.850. The van der Waals surface area contributed by atoms with E-state index in [2.05, 4.69) is 22.1 Å². The van der Waals surface area contributed by atoms with Crippen LogP contribution in [0.15, 0.2) is 24.4 Å². The van der Waals surface area contributed by atoms with Crippen molar-refractivity contribution in [2.45, 2.75) is 13.5 Å². The molecule has 3 N–H and O–H groups in total. The molecule has 2 aromatic rings. The third-order valence-corrected chi connectivity index (χ3v) is 3.53. The van der Waals surface area contributed by atoms with Gasteiger partial charge in [0, 0.05) is 16.6 Å². The molecule has 1 amide bonds. The molecule has 0 saturated heterocycles. The second-order valence-corrected chi connectivity index (χ2v) is 5.57. The minimum absolute atomic E-state index is 0.0124. The van der Waals surface area contributed by atoms with E-state index in [4.69, 9.17) is 5.73 Å². The number of carbonyl (C=O) groups is 1. The predicted molar refractivity (Wildman–Crippen MR) is 80.4 cm³/mol. The Morgan fingerprint density at radius 3 is 2.95 bits per heavy atom. The maximum absolute atomic E-state index is 13.9. The minimum Gasteiger partial charge on any atom is -0.345 e. The third kappa shape index (κ3) is 4.12. The summed E-state index contributed by atoms with van der Waals surface area (Å²) in [6.07, 6.45) is 1.73. The highest BCUT2D eigenvalue weighted by atomic mass is 32.1. The summed E-state index contributed by atoms with van der Waals surface area (Å²) in [5.41, 5.74) is 5.73. The zero-order valence-corrected chi connectivity index (χ0v) is 12.3. The average Bonchev–Trinajstić information content (AvgIpc) is 2.88. The van der Waals surface area contributed by atoms with Crippen molar-refractivity contribution in [2.24, 2.45) is 5.73 Å². The number of aromatic nitrogens is 1. The van der Waals surface area contributed by atoms with Gasteiger partial charge in [0.2, 0.25) is 0 Å². The summed E-state index contributed by atoms with van der Waals surface area (Å²) in [6, 6.07) is 4.23. The van der Waals surface area contributed by atoms with Crippen molar-refractivity contribution >= 4 is 17.2 Å². The molecule has 0 unspecified atom stereocenters. The van der Waals surface area contributed by atoms with Gasteiger partial charge in [0.25, 0.3) is 5.91 Å². The van der Waals surface area contributed by atoms with Crippen LogP contribution in [0.5, 0.6) is 0 Å². The van der Waals surface area contributed by atoms with Crippen LogP contribution in [0.1, 0.15) is 25.8 Å². The van der Waals surface area contributed by atoms with Crippen LogP contribution in [-0.4, -0.2) is 17.4 Å². The molecule has 0 atom stereocenters. The van der Waals surface area contributed by atoms with Crippen molar-refractivity contribution < 1.29 is 9.18 Å². The van der Waals surface area contributed by atoms with E-state index in [9.17, 15) is 9.18 Å². The van der Waals surface area contributed by atoms with Gasteiger partial charge in [-0.25, -0.2) is 9.37 Å². The van der Waals surface area contributed by atoms with Gasteiger partial charge in [-0.15, -0.1) is 11.3 Å². The molecule has 6 heteroatoms. The highest BCUT2D eigenvalue weighted by Gasteiger charge is 2.12. The van der Waals surface area contributed by atoms with E-state index >= 15 is 0 Å². The summed E-state index contributed by atoms with van der Waals surface area (Å²) in [5, 5.41) is 3.43. The van der Waals surface area contributed by atoms with Crippen molar-refractivity contribution in [3.63, 3.8) is 0 Å². The maximum atomic E-state index is 13.9. The molecule has 0 aliphatic heterocycles. The Balaban J connectivity index is 2.05. The van der Waals surface area contributed by atoms with Crippen LogP contribution in [0.4, 0.5) is 4.39 Å². The van der Waals surface area contributed by atoms with Gasteiger partial charge >= 0.3 is 0 Å². The first-order chi connectivity index (χ1) is 10.1. The summed E-state index contributed by atoms with van der Waals surface area (Å²) in [7, 11) is 0. The average molecular weight is 303 g/mol. The van der Waals surface area contributed by atoms with E-state index in [1.165, 1.54) is 23.5 Å². The van der Waals surface area contributed by atoms with E-state index in [1.54, 1.807) is 12.3 Å². The molecule has 0 radical (unpaired) electrons. The lowest BCUT2D eigenvalue weighted by atomic mass is 10.1. The van der Waals surface area contributed by atoms with E-state index in [0.29, 0.717) is 5.56 Å². The fourth-order valence-corrected chi connectivity index (χ4v) is 2.39. The number of nitrogens with two attached hydrogens (primary N) is 1. The third-order valence-electron chi connectivity index (χ3n) is 2.62. The smallest absolute Gasteiger partial charge is 0.254 e. The molecule has 0 aliphatic carbocycles. The number of rotatable bonds is 3. The van der Waals surface area contributed by atoms with Gasteiger partial charge in [0.15, 0.2) is 0 Å². The first kappa shape index (κ1) is 15.2. The molecule has 0 saturated carbocycles. The Morgan fingerprint density at radius 1 is 1.52 bits per heavy atom. The van der Waals surface area contributed by atoms with Crippen molar-refractivity contribution in [1.29, 1.82) is 0 Å². The van der Waals surface area contributed by atoms with Crippen LogP contribution in [0.2, 0.25) is 0 Å². The van der Waals surface area contributed by atoms with Gasteiger partial charge in [0.05, 0.1) is 18.7 Å². The van der Waals surface area contributed by atoms with E-state index in [-0.39, 0.29) is 18.7 Å². The van der Waals surface area contributed by atoms with Gasteiger partial charge < -0.3 is 11.1 Å². The topological polar surface area (TPSA) is 68.0 Å². The number of thiazole rings is 1. The molecule has 1 heterocycles. The number of hydrogen-bond acceptors (Lipinski definition) is 4. The summed E-state index contributed by atoms with van der Waals surface area (Å²) >= 11 is 1.49. The van der Waals surface area contributed by atoms with E-state index < -0.39 is 11.7 Å². The molecule has 4 nitrogen and oxygen atoms in total. The Hall–Kier alpha value is -2.23. The Labute approximate surface area is 126 Å². The van der Waals surface area contributed by atoms with Crippen LogP contribution in [-0.2, 0) is 6.54 Å². The monoisotopic (exact) mass is 303 g/mol. The van der Waals surface area contributed by atoms with Gasteiger partial charge in [-0.1, -0.05) is 11.8 Å². The Morgan fingerprint density at radius 2 is 2.33 bits per heavy atom. The van der Waals surface area contributed by atoms with Gasteiger partial charge in [-0.05, 0) is 25.1 Å². The predicted octanol–water partition coefficient (Wildman–Crippen LogP) is 1.83. The van der Waals surface area contributed by atoms with E-state index in [0.717, 1.165) is 9.88 Å². The SMILES string of the molecule is Cc1cnc(CNC(=O)c2ccc(C#CCN)cc2F)s1. The molecule has 21 heavy (non-hydrogen) atoms. The van der Waals surface area contributed by atoms with Crippen LogP contribution in [0.25, 0.3) is 0 Å². The first-order valence-corrected chi connectivity index (χ1v) is 7.10. The Kier molecular flexibility index (Phi) is 5.04. The van der Waals surface area contributed by atoms with Crippen LogP contribution < -0.4 is 11.1 Å². The highest BCUT2D eigenvalue weighted by molar-refractivity contribution is 7.11. The number of hydrogen-bond donors (Lipinski definition) is 2. The summed E-state index contributed by atoms with van der Waals surface area (Å²) < 4.78 is 13.9. The van der Waals surface area contributed by atoms with Crippen molar-refractivity contribution in [2.75, 3.05) is 6.54 Å². The van der Waals surface area contributed by atoms with Gasteiger partial charge in [-0.3, -0.25) is 4.79 Å². The number of nitrogens with one attached hydrogen (secondary N) is 1. The second kappa shape index (κ2) is 6.97. The Bertz CT molecular complexity index is 715. The molecule has 0 spiro atoms. The molecule has 0 fully saturated rings. The fraction of sp³-hybridized carbons (Fsp3) is 0.200. The second-order valence-electron chi connectivity index (χ2n) is 4.25. The van der Waals surface area contributed by atoms with E-state index in [1.807, 2.05) is 6.92 Å². The normalized spacial score (nSPS) is 9.86. The van der Waals surface area contributed by atoms with Crippen molar-refractivity contribution in [3.8, 4) is 11.8 Å². The van der Waals surface area contributed by atoms with Crippen LogP contribution in [0, 0.1) is 24.6 Å². The summed E-state index contributed by atoms with van der Waals surface area (Å²) in [5.74, 6) is 4.27. The standard InChI is InChI=1S/C15H14FN3OS/c1-10-8-18-14(21-10)9-19-15(20)12-5-4-11(3-2-6-17)7-13(12)16/h4-5,7-8H,6,9,17H2,1H3,(H,19,20). The zero-order chi connectivity index (χ0) is 15.2. The van der Waals surface area contributed by atoms with Crippen molar-refractivity contribution in [3.05, 3.63) is 51.2 Å². The highest BCUT2D eigenvalue weighted by Crippen LogP contribution is 2.12. The number of benzene rings is 1. The summed E-state index contributed by atoms with van der Waals surface area (Å²) in [6.45, 7) is 2.42. The van der Waals surface area contributed by atoms with Crippen molar-refractivity contribution in [1.82, 2.24) is 10.3 Å². The lowest BCUT2D eigenvalue weighted by molar-refractivity contribution is 0.0947. The molecule has 2 rings (SSSR count). The maximum Gasteiger partial charge on any atom is 0.254 e. The summed E-state index contributed by atoms with van der Waals surface area (Å²) in [4.78, 5) is 17.1. The molecular formula is C15H14FN3OS. The number of carbonyl (C=O) groups excluding carboxylic acids is 1. The van der Waals surface area contributed by atoms with Gasteiger partial charge in [-0.2, -0.15) is 0 Å². The first-order valence-electron chi connectivity index (χ1n) is 6.28. The molecule has 1 aromatic carbocycles. The number of aryl methyl sites for hydroxylation is 1. The number of amides is 1. The lowest BCUT2D eigenvalue weighted by Gasteiger charge is -2.04. The largest absolute Gasteiger partial charge is 0.345 e. The molecule has 1 aromatic heterocycles. The minimum atomic E-state index is -0.605. The molecule has 0 bridgehead atoms. The molecule has 108 valence electrons. The molecule has 0 aliphatic rings. The van der Waals surface area contributed by atoms with Crippen LogP contribution >= 0.6 is 11.3 Å². The fourth-order valence-electron chi connectivity index (χ4n) is 1.66. The lowest BCUT2D eigenvalue weighted by Crippen LogP contribution is -2.23. The zero-order valence-electron chi connectivity index (χ0n) is 11.4. The van der Waals surface area contributed by atoms with Gasteiger partial charge in [0.1, 0.15) is 10.8 Å². The molecular weight excluding hydrogens is 289 g/mol.